The minimum Gasteiger partial charge on any atom is -0.358 e. The molecule has 1 aliphatic heterocycles. The molecule has 1 atom stereocenters. The molecule has 19 heavy (non-hydrogen) atoms. The summed E-state index contributed by atoms with van der Waals surface area (Å²) in [6, 6.07) is 7.87. The van der Waals surface area contributed by atoms with E-state index >= 15 is 0 Å². The van der Waals surface area contributed by atoms with E-state index in [-0.39, 0.29) is 18.4 Å². The van der Waals surface area contributed by atoms with Gasteiger partial charge in [0, 0.05) is 18.8 Å². The molecule has 1 aromatic carbocycles. The Morgan fingerprint density at radius 3 is 2.74 bits per heavy atom. The number of rotatable bonds is 2. The van der Waals surface area contributed by atoms with Crippen molar-refractivity contribution >= 4 is 11.6 Å². The summed E-state index contributed by atoms with van der Waals surface area (Å²) in [7, 11) is 0. The molecule has 1 saturated heterocycles. The summed E-state index contributed by atoms with van der Waals surface area (Å²) in [5.74, 6) is -0.0401. The number of carbonyl (C=O) groups excluding carboxylic acids is 1. The molecule has 1 fully saturated rings. The SMILES string of the molecule is Cc1cccc(C)c1N1CCCNC(=O)C1CC#N. The highest BCUT2D eigenvalue weighted by molar-refractivity contribution is 5.86. The second-order valence-electron chi connectivity index (χ2n) is 4.96. The van der Waals surface area contributed by atoms with Gasteiger partial charge in [-0.3, -0.25) is 4.79 Å². The van der Waals surface area contributed by atoms with Gasteiger partial charge in [0.2, 0.25) is 5.91 Å². The normalized spacial score (nSPS) is 19.5. The van der Waals surface area contributed by atoms with Crippen LogP contribution in [0.5, 0.6) is 0 Å². The monoisotopic (exact) mass is 257 g/mol. The Morgan fingerprint density at radius 2 is 2.11 bits per heavy atom. The van der Waals surface area contributed by atoms with E-state index < -0.39 is 0 Å². The van der Waals surface area contributed by atoms with Crippen molar-refractivity contribution in [1.29, 1.82) is 5.26 Å². The molecule has 0 radical (unpaired) electrons. The van der Waals surface area contributed by atoms with E-state index in [2.05, 4.69) is 42.3 Å². The third kappa shape index (κ3) is 2.70. The number of hydrogen-bond acceptors (Lipinski definition) is 3. The van der Waals surface area contributed by atoms with Gasteiger partial charge < -0.3 is 10.2 Å². The predicted octanol–water partition coefficient (Wildman–Crippen LogP) is 1.91. The van der Waals surface area contributed by atoms with Crippen molar-refractivity contribution in [3.8, 4) is 6.07 Å². The van der Waals surface area contributed by atoms with Crippen LogP contribution in [0, 0.1) is 25.2 Å². The van der Waals surface area contributed by atoms with Gasteiger partial charge in [-0.2, -0.15) is 5.26 Å². The fourth-order valence-corrected chi connectivity index (χ4v) is 2.69. The van der Waals surface area contributed by atoms with Gasteiger partial charge in [0.05, 0.1) is 12.5 Å². The molecule has 0 spiro atoms. The van der Waals surface area contributed by atoms with Crippen LogP contribution in [0.3, 0.4) is 0 Å². The zero-order valence-electron chi connectivity index (χ0n) is 11.4. The number of carbonyl (C=O) groups is 1. The Morgan fingerprint density at radius 1 is 1.42 bits per heavy atom. The molecular weight excluding hydrogens is 238 g/mol. The summed E-state index contributed by atoms with van der Waals surface area (Å²) in [6.45, 7) is 5.59. The van der Waals surface area contributed by atoms with Crippen LogP contribution in [0.25, 0.3) is 0 Å². The molecular formula is C15H19N3O. The molecule has 0 aromatic heterocycles. The molecule has 1 aromatic rings. The fraction of sp³-hybridized carbons (Fsp3) is 0.467. The quantitative estimate of drug-likeness (QED) is 0.880. The van der Waals surface area contributed by atoms with Gasteiger partial charge in [-0.15, -0.1) is 0 Å². The summed E-state index contributed by atoms with van der Waals surface area (Å²) in [4.78, 5) is 14.2. The summed E-state index contributed by atoms with van der Waals surface area (Å²) in [6.07, 6.45) is 1.13. The zero-order chi connectivity index (χ0) is 13.8. The number of hydrogen-bond donors (Lipinski definition) is 1. The first-order valence-corrected chi connectivity index (χ1v) is 6.62. The van der Waals surface area contributed by atoms with Crippen LogP contribution in [-0.2, 0) is 4.79 Å². The van der Waals surface area contributed by atoms with Crippen LogP contribution in [0.4, 0.5) is 5.69 Å². The van der Waals surface area contributed by atoms with Crippen LogP contribution >= 0.6 is 0 Å². The molecule has 0 bridgehead atoms. The third-order valence-corrected chi connectivity index (χ3v) is 3.57. The molecule has 1 aliphatic rings. The highest BCUT2D eigenvalue weighted by Gasteiger charge is 2.29. The molecule has 0 saturated carbocycles. The van der Waals surface area contributed by atoms with E-state index in [4.69, 9.17) is 5.26 Å². The standard InChI is InChI=1S/C15H19N3O/c1-11-5-3-6-12(2)14(11)18-10-4-9-17-15(19)13(18)7-8-16/h3,5-6,13H,4,7,9-10H2,1-2H3,(H,17,19). The summed E-state index contributed by atoms with van der Waals surface area (Å²) in [5.41, 5.74) is 3.40. The van der Waals surface area contributed by atoms with E-state index in [0.29, 0.717) is 6.54 Å². The van der Waals surface area contributed by atoms with Crippen LogP contribution < -0.4 is 10.2 Å². The smallest absolute Gasteiger partial charge is 0.243 e. The van der Waals surface area contributed by atoms with Crippen molar-refractivity contribution in [1.82, 2.24) is 5.32 Å². The first-order valence-electron chi connectivity index (χ1n) is 6.62. The fourth-order valence-electron chi connectivity index (χ4n) is 2.69. The largest absolute Gasteiger partial charge is 0.358 e. The van der Waals surface area contributed by atoms with Gasteiger partial charge in [-0.25, -0.2) is 0 Å². The van der Waals surface area contributed by atoms with Crippen LogP contribution in [-0.4, -0.2) is 25.0 Å². The molecule has 1 heterocycles. The van der Waals surface area contributed by atoms with Crippen molar-refractivity contribution in [3.05, 3.63) is 29.3 Å². The number of anilines is 1. The van der Waals surface area contributed by atoms with Crippen molar-refractivity contribution in [2.45, 2.75) is 32.7 Å². The van der Waals surface area contributed by atoms with Gasteiger partial charge >= 0.3 is 0 Å². The number of benzene rings is 1. The minimum absolute atomic E-state index is 0.0401. The highest BCUT2D eigenvalue weighted by Crippen LogP contribution is 2.28. The lowest BCUT2D eigenvalue weighted by Gasteiger charge is -2.31. The van der Waals surface area contributed by atoms with Gasteiger partial charge in [0.25, 0.3) is 0 Å². The predicted molar refractivity (Wildman–Crippen MR) is 74.9 cm³/mol. The second-order valence-corrected chi connectivity index (χ2v) is 4.96. The number of nitriles is 1. The lowest BCUT2D eigenvalue weighted by molar-refractivity contribution is -0.121. The molecule has 4 nitrogen and oxygen atoms in total. The van der Waals surface area contributed by atoms with Crippen LogP contribution in [0.15, 0.2) is 18.2 Å². The van der Waals surface area contributed by atoms with Gasteiger partial charge in [0.15, 0.2) is 0 Å². The Labute approximate surface area is 114 Å². The molecule has 1 N–H and O–H groups in total. The molecule has 4 heteroatoms. The van der Waals surface area contributed by atoms with E-state index in [1.165, 1.54) is 0 Å². The van der Waals surface area contributed by atoms with Gasteiger partial charge in [-0.1, -0.05) is 18.2 Å². The van der Waals surface area contributed by atoms with E-state index in [1.807, 2.05) is 6.07 Å². The Hall–Kier alpha value is -2.02. The van der Waals surface area contributed by atoms with Gasteiger partial charge in [0.1, 0.15) is 6.04 Å². The Kier molecular flexibility index (Phi) is 4.06. The molecule has 0 aliphatic carbocycles. The molecule has 100 valence electrons. The maximum atomic E-state index is 12.1. The minimum atomic E-state index is -0.382. The van der Waals surface area contributed by atoms with Crippen molar-refractivity contribution < 1.29 is 4.79 Å². The number of nitrogens with zero attached hydrogens (tertiary/aromatic N) is 2. The van der Waals surface area contributed by atoms with E-state index in [1.54, 1.807) is 0 Å². The average Bonchev–Trinajstić information content (AvgIpc) is 2.54. The highest BCUT2D eigenvalue weighted by atomic mass is 16.2. The van der Waals surface area contributed by atoms with E-state index in [0.717, 1.165) is 29.8 Å². The molecule has 2 rings (SSSR count). The summed E-state index contributed by atoms with van der Waals surface area (Å²) < 4.78 is 0. The van der Waals surface area contributed by atoms with Crippen molar-refractivity contribution in [2.24, 2.45) is 0 Å². The lowest BCUT2D eigenvalue weighted by atomic mass is 10.0. The first kappa shape index (κ1) is 13.4. The Balaban J connectivity index is 2.44. The first-order chi connectivity index (χ1) is 9.15. The molecule has 1 amide bonds. The van der Waals surface area contributed by atoms with Crippen molar-refractivity contribution in [2.75, 3.05) is 18.0 Å². The summed E-state index contributed by atoms with van der Waals surface area (Å²) >= 11 is 0. The number of amides is 1. The maximum absolute atomic E-state index is 12.1. The van der Waals surface area contributed by atoms with E-state index in [9.17, 15) is 4.79 Å². The maximum Gasteiger partial charge on any atom is 0.243 e. The van der Waals surface area contributed by atoms with Gasteiger partial charge in [-0.05, 0) is 31.4 Å². The number of nitrogens with one attached hydrogen (secondary N) is 1. The second kappa shape index (κ2) is 5.75. The number of para-hydroxylation sites is 1. The summed E-state index contributed by atoms with van der Waals surface area (Å²) in [5, 5.41) is 11.9. The third-order valence-electron chi connectivity index (χ3n) is 3.57. The lowest BCUT2D eigenvalue weighted by Crippen LogP contribution is -2.44. The average molecular weight is 257 g/mol. The zero-order valence-corrected chi connectivity index (χ0v) is 11.4. The van der Waals surface area contributed by atoms with Crippen molar-refractivity contribution in [3.63, 3.8) is 0 Å². The van der Waals surface area contributed by atoms with Crippen LogP contribution in [0.2, 0.25) is 0 Å². The Bertz CT molecular complexity index is 498. The van der Waals surface area contributed by atoms with Crippen LogP contribution in [0.1, 0.15) is 24.0 Å². The number of aryl methyl sites for hydroxylation is 2. The molecule has 1 unspecified atom stereocenters. The topological polar surface area (TPSA) is 56.1 Å².